The maximum atomic E-state index is 9.63. The van der Waals surface area contributed by atoms with Gasteiger partial charge in [0.25, 0.3) is 0 Å². The highest BCUT2D eigenvalue weighted by Gasteiger charge is 2.42. The molecule has 0 amide bonds. The molecule has 0 heterocycles. The Morgan fingerprint density at radius 2 is 1.36 bits per heavy atom. The molecule has 0 saturated heterocycles. The van der Waals surface area contributed by atoms with Gasteiger partial charge in [-0.3, -0.25) is 0 Å². The first-order valence-corrected chi connectivity index (χ1v) is 16.6. The first kappa shape index (κ1) is 30.6. The molecule has 0 radical (unpaired) electrons. The standard InChI is InChI=1S/C32H52O3Si/c1-13-32(14-2,26-16-15-25(21-33)23(3)19-26)27-17-18-28(24(4)20-27)34-22-29(30(5,6)7)35-36(11,12)31(8,9)10/h15-20,29,33H,13-14,21-22H2,1-12H3/t29-/m1/s1. The van der Waals surface area contributed by atoms with Crippen LogP contribution in [0.25, 0.3) is 0 Å². The lowest BCUT2D eigenvalue weighted by Gasteiger charge is -2.43. The highest BCUT2D eigenvalue weighted by atomic mass is 28.4. The Morgan fingerprint density at radius 3 is 1.78 bits per heavy atom. The molecule has 0 aliphatic heterocycles. The Kier molecular flexibility index (Phi) is 9.70. The molecule has 2 aromatic carbocycles. The van der Waals surface area contributed by atoms with Gasteiger partial charge < -0.3 is 14.3 Å². The molecular weight excluding hydrogens is 460 g/mol. The lowest BCUT2D eigenvalue weighted by atomic mass is 9.70. The molecule has 2 aromatic rings. The molecule has 1 N–H and O–H groups in total. The van der Waals surface area contributed by atoms with Crippen LogP contribution in [0.4, 0.5) is 0 Å². The zero-order valence-corrected chi connectivity index (χ0v) is 26.1. The van der Waals surface area contributed by atoms with E-state index in [1.807, 2.05) is 0 Å². The van der Waals surface area contributed by atoms with Crippen molar-refractivity contribution < 1.29 is 14.3 Å². The van der Waals surface area contributed by atoms with Crippen LogP contribution in [0.3, 0.4) is 0 Å². The zero-order chi connectivity index (χ0) is 27.5. The summed E-state index contributed by atoms with van der Waals surface area (Å²) in [5.74, 6) is 0.930. The third-order valence-corrected chi connectivity index (χ3v) is 13.1. The molecule has 0 aliphatic rings. The molecule has 2 rings (SSSR count). The molecule has 202 valence electrons. The van der Waals surface area contributed by atoms with Crippen molar-refractivity contribution in [3.63, 3.8) is 0 Å². The third-order valence-electron chi connectivity index (χ3n) is 8.60. The molecule has 0 spiro atoms. The average molecular weight is 513 g/mol. The second-order valence-electron chi connectivity index (χ2n) is 13.1. The lowest BCUT2D eigenvalue weighted by Crippen LogP contribution is -2.49. The van der Waals surface area contributed by atoms with E-state index in [0.29, 0.717) is 6.61 Å². The zero-order valence-electron chi connectivity index (χ0n) is 25.1. The summed E-state index contributed by atoms with van der Waals surface area (Å²) < 4.78 is 13.3. The fraction of sp³-hybridized carbons (Fsp3) is 0.625. The van der Waals surface area contributed by atoms with Crippen LogP contribution < -0.4 is 4.74 Å². The summed E-state index contributed by atoms with van der Waals surface area (Å²) in [4.78, 5) is 0. The van der Waals surface area contributed by atoms with Gasteiger partial charge in [0.15, 0.2) is 8.32 Å². The fourth-order valence-corrected chi connectivity index (χ4v) is 6.16. The topological polar surface area (TPSA) is 38.7 Å². The fourth-order valence-electron chi connectivity index (χ4n) is 4.67. The lowest BCUT2D eigenvalue weighted by molar-refractivity contribution is 0.0310. The van der Waals surface area contributed by atoms with Gasteiger partial charge in [-0.05, 0) is 84.1 Å². The van der Waals surface area contributed by atoms with E-state index in [2.05, 4.69) is 119 Å². The van der Waals surface area contributed by atoms with Crippen LogP contribution in [0.2, 0.25) is 18.1 Å². The Morgan fingerprint density at radius 1 is 0.833 bits per heavy atom. The van der Waals surface area contributed by atoms with Gasteiger partial charge in [-0.1, -0.05) is 85.7 Å². The van der Waals surface area contributed by atoms with Crippen molar-refractivity contribution in [1.29, 1.82) is 0 Å². The summed E-state index contributed by atoms with van der Waals surface area (Å²) in [6.45, 7) is 27.6. The van der Waals surface area contributed by atoms with Gasteiger partial charge in [0, 0.05) is 5.41 Å². The van der Waals surface area contributed by atoms with Crippen molar-refractivity contribution in [2.24, 2.45) is 5.41 Å². The van der Waals surface area contributed by atoms with Gasteiger partial charge in [0.1, 0.15) is 12.4 Å². The van der Waals surface area contributed by atoms with Gasteiger partial charge in [-0.2, -0.15) is 0 Å². The Hall–Kier alpha value is -1.62. The molecule has 0 bridgehead atoms. The van der Waals surface area contributed by atoms with E-state index in [-0.39, 0.29) is 28.6 Å². The number of benzene rings is 2. The maximum Gasteiger partial charge on any atom is 0.192 e. The molecule has 3 nitrogen and oxygen atoms in total. The monoisotopic (exact) mass is 512 g/mol. The smallest absolute Gasteiger partial charge is 0.192 e. The summed E-state index contributed by atoms with van der Waals surface area (Å²) in [5, 5.41) is 9.79. The van der Waals surface area contributed by atoms with Crippen LogP contribution in [-0.2, 0) is 16.4 Å². The highest BCUT2D eigenvalue weighted by Crippen LogP contribution is 2.42. The van der Waals surface area contributed by atoms with E-state index in [4.69, 9.17) is 9.16 Å². The van der Waals surface area contributed by atoms with Crippen LogP contribution in [0.1, 0.15) is 96.0 Å². The van der Waals surface area contributed by atoms with Crippen LogP contribution in [0, 0.1) is 19.3 Å². The number of hydrogen-bond donors (Lipinski definition) is 1. The number of aryl methyl sites for hydroxylation is 2. The first-order valence-electron chi connectivity index (χ1n) is 13.6. The van der Waals surface area contributed by atoms with Crippen molar-refractivity contribution in [3.8, 4) is 5.75 Å². The average Bonchev–Trinajstić information content (AvgIpc) is 2.77. The summed E-state index contributed by atoms with van der Waals surface area (Å²) in [7, 11) is -1.92. The summed E-state index contributed by atoms with van der Waals surface area (Å²) in [6, 6.07) is 13.2. The van der Waals surface area contributed by atoms with Crippen molar-refractivity contribution in [1.82, 2.24) is 0 Å². The van der Waals surface area contributed by atoms with E-state index in [0.717, 1.165) is 35.3 Å². The number of aliphatic hydroxyl groups is 1. The number of ether oxygens (including phenoxy) is 1. The van der Waals surface area contributed by atoms with Gasteiger partial charge in [-0.25, -0.2) is 0 Å². The second kappa shape index (κ2) is 11.4. The number of aliphatic hydroxyl groups excluding tert-OH is 1. The molecule has 0 aromatic heterocycles. The molecule has 4 heteroatoms. The van der Waals surface area contributed by atoms with Crippen molar-refractivity contribution >= 4 is 8.32 Å². The quantitative estimate of drug-likeness (QED) is 0.323. The first-order chi connectivity index (χ1) is 16.5. The minimum atomic E-state index is -1.92. The minimum Gasteiger partial charge on any atom is -0.491 e. The Labute approximate surface area is 222 Å². The molecular formula is C32H52O3Si. The SMILES string of the molecule is CCC(CC)(c1ccc(CO)c(C)c1)c1ccc(OC[C@@H](O[Si](C)(C)C(C)(C)C)C(C)(C)C)c(C)c1. The largest absolute Gasteiger partial charge is 0.491 e. The predicted octanol–water partition coefficient (Wildman–Crippen LogP) is 8.72. The second-order valence-corrected chi connectivity index (χ2v) is 17.9. The third kappa shape index (κ3) is 6.62. The number of hydrogen-bond acceptors (Lipinski definition) is 3. The van der Waals surface area contributed by atoms with Crippen molar-refractivity contribution in [2.45, 2.75) is 118 Å². The molecule has 0 unspecified atom stereocenters. The van der Waals surface area contributed by atoms with E-state index >= 15 is 0 Å². The van der Waals surface area contributed by atoms with Gasteiger partial charge in [0.05, 0.1) is 12.7 Å². The normalized spacial score (nSPS) is 14.1. The summed E-state index contributed by atoms with van der Waals surface area (Å²) >= 11 is 0. The molecule has 0 aliphatic carbocycles. The predicted molar refractivity (Wildman–Crippen MR) is 157 cm³/mol. The summed E-state index contributed by atoms with van der Waals surface area (Å²) in [5.41, 5.74) is 5.84. The maximum absolute atomic E-state index is 9.63. The Bertz CT molecular complexity index is 1010. The van der Waals surface area contributed by atoms with Crippen LogP contribution in [0.5, 0.6) is 5.75 Å². The molecule has 0 saturated carbocycles. The highest BCUT2D eigenvalue weighted by molar-refractivity contribution is 6.74. The number of rotatable bonds is 10. The summed E-state index contributed by atoms with van der Waals surface area (Å²) in [6.07, 6.45) is 2.04. The Balaban J connectivity index is 2.35. The molecule has 36 heavy (non-hydrogen) atoms. The van der Waals surface area contributed by atoms with Gasteiger partial charge in [0.2, 0.25) is 0 Å². The van der Waals surface area contributed by atoms with E-state index in [9.17, 15) is 5.11 Å². The van der Waals surface area contributed by atoms with Gasteiger partial charge in [-0.15, -0.1) is 0 Å². The van der Waals surface area contributed by atoms with Crippen LogP contribution in [-0.4, -0.2) is 26.1 Å². The van der Waals surface area contributed by atoms with Crippen molar-refractivity contribution in [2.75, 3.05) is 6.61 Å². The van der Waals surface area contributed by atoms with Crippen molar-refractivity contribution in [3.05, 3.63) is 64.2 Å². The van der Waals surface area contributed by atoms with E-state index < -0.39 is 8.32 Å². The van der Waals surface area contributed by atoms with E-state index in [1.165, 1.54) is 11.1 Å². The molecule has 0 fully saturated rings. The van der Waals surface area contributed by atoms with Crippen LogP contribution in [0.15, 0.2) is 36.4 Å². The minimum absolute atomic E-state index is 0.0124. The van der Waals surface area contributed by atoms with E-state index in [1.54, 1.807) is 0 Å². The molecule has 1 atom stereocenters. The van der Waals surface area contributed by atoms with Gasteiger partial charge >= 0.3 is 0 Å². The van der Waals surface area contributed by atoms with Crippen LogP contribution >= 0.6 is 0 Å².